The van der Waals surface area contributed by atoms with E-state index in [9.17, 15) is 4.79 Å². The summed E-state index contributed by atoms with van der Waals surface area (Å²) < 4.78 is 5.38. The highest BCUT2D eigenvalue weighted by Gasteiger charge is 2.15. The molecule has 0 atom stereocenters. The van der Waals surface area contributed by atoms with E-state index in [1.54, 1.807) is 18.2 Å². The summed E-state index contributed by atoms with van der Waals surface area (Å²) in [5.41, 5.74) is 6.74. The fourth-order valence-electron chi connectivity index (χ4n) is 1.38. The maximum Gasteiger partial charge on any atom is 0.255 e. The summed E-state index contributed by atoms with van der Waals surface area (Å²) in [5.74, 6) is 0.300. The monoisotopic (exact) mass is 222 g/mol. The van der Waals surface area contributed by atoms with Gasteiger partial charge in [0.1, 0.15) is 0 Å². The van der Waals surface area contributed by atoms with Crippen molar-refractivity contribution in [1.29, 1.82) is 0 Å². The zero-order valence-corrected chi connectivity index (χ0v) is 9.91. The van der Waals surface area contributed by atoms with Crippen molar-refractivity contribution in [3.05, 3.63) is 23.8 Å². The summed E-state index contributed by atoms with van der Waals surface area (Å²) in [6, 6.07) is 5.26. The van der Waals surface area contributed by atoms with Crippen LogP contribution in [0.1, 0.15) is 31.1 Å². The number of anilines is 1. The van der Waals surface area contributed by atoms with Crippen LogP contribution in [0, 0.1) is 0 Å². The summed E-state index contributed by atoms with van der Waals surface area (Å²) in [4.78, 5) is 11.9. The topological polar surface area (TPSA) is 64.3 Å². The van der Waals surface area contributed by atoms with Crippen LogP contribution in [0.4, 0.5) is 5.69 Å². The van der Waals surface area contributed by atoms with Gasteiger partial charge in [0.05, 0.1) is 17.9 Å². The van der Waals surface area contributed by atoms with Crippen LogP contribution >= 0.6 is 0 Å². The van der Waals surface area contributed by atoms with Crippen LogP contribution in [0.15, 0.2) is 18.2 Å². The van der Waals surface area contributed by atoms with Crippen molar-refractivity contribution >= 4 is 11.6 Å². The Labute approximate surface area is 95.8 Å². The summed E-state index contributed by atoms with van der Waals surface area (Å²) in [6.07, 6.45) is 0. The van der Waals surface area contributed by atoms with Gasteiger partial charge in [0.25, 0.3) is 5.91 Å². The normalized spacial score (nSPS) is 10.2. The van der Waals surface area contributed by atoms with Crippen molar-refractivity contribution in [2.24, 2.45) is 0 Å². The molecule has 0 aromatic heterocycles. The Morgan fingerprint density at radius 2 is 2.19 bits per heavy atom. The SMILES string of the molecule is CCOc1c(N)cccc1C(=O)NC(C)C. The Morgan fingerprint density at radius 3 is 2.75 bits per heavy atom. The lowest BCUT2D eigenvalue weighted by Gasteiger charge is -2.14. The first-order valence-corrected chi connectivity index (χ1v) is 5.38. The molecule has 1 rings (SSSR count). The number of amides is 1. The van der Waals surface area contributed by atoms with E-state index in [-0.39, 0.29) is 11.9 Å². The van der Waals surface area contributed by atoms with E-state index >= 15 is 0 Å². The van der Waals surface area contributed by atoms with Gasteiger partial charge in [-0.15, -0.1) is 0 Å². The minimum atomic E-state index is -0.161. The molecule has 4 nitrogen and oxygen atoms in total. The standard InChI is InChI=1S/C12H18N2O2/c1-4-16-11-9(6-5-7-10(11)13)12(15)14-8(2)3/h5-8H,4,13H2,1-3H3,(H,14,15). The van der Waals surface area contributed by atoms with E-state index in [0.29, 0.717) is 23.6 Å². The highest BCUT2D eigenvalue weighted by Crippen LogP contribution is 2.26. The van der Waals surface area contributed by atoms with Crippen LogP contribution < -0.4 is 15.8 Å². The van der Waals surface area contributed by atoms with Gasteiger partial charge >= 0.3 is 0 Å². The molecule has 0 radical (unpaired) electrons. The molecular formula is C12H18N2O2. The number of nitrogens with one attached hydrogen (secondary N) is 1. The Kier molecular flexibility index (Phi) is 4.17. The molecule has 0 aliphatic rings. The minimum Gasteiger partial charge on any atom is -0.491 e. The van der Waals surface area contributed by atoms with Crippen LogP contribution in [0.2, 0.25) is 0 Å². The van der Waals surface area contributed by atoms with E-state index in [4.69, 9.17) is 10.5 Å². The molecule has 0 heterocycles. The van der Waals surface area contributed by atoms with Crippen molar-refractivity contribution < 1.29 is 9.53 Å². The third-order valence-electron chi connectivity index (χ3n) is 2.00. The molecular weight excluding hydrogens is 204 g/mol. The average molecular weight is 222 g/mol. The van der Waals surface area contributed by atoms with Crippen LogP contribution in [0.3, 0.4) is 0 Å². The first-order valence-electron chi connectivity index (χ1n) is 5.38. The fourth-order valence-corrected chi connectivity index (χ4v) is 1.38. The molecule has 1 aromatic carbocycles. The van der Waals surface area contributed by atoms with Gasteiger partial charge in [-0.3, -0.25) is 4.79 Å². The minimum absolute atomic E-state index is 0.0865. The summed E-state index contributed by atoms with van der Waals surface area (Å²) in [7, 11) is 0. The molecule has 0 unspecified atom stereocenters. The number of carbonyl (C=O) groups excluding carboxylic acids is 1. The van der Waals surface area contributed by atoms with Crippen molar-refractivity contribution in [2.75, 3.05) is 12.3 Å². The number of benzene rings is 1. The van der Waals surface area contributed by atoms with Crippen LogP contribution in [0.25, 0.3) is 0 Å². The molecule has 0 aliphatic heterocycles. The molecule has 88 valence electrons. The van der Waals surface area contributed by atoms with Crippen molar-refractivity contribution in [1.82, 2.24) is 5.32 Å². The van der Waals surface area contributed by atoms with E-state index in [2.05, 4.69) is 5.32 Å². The van der Waals surface area contributed by atoms with Crippen molar-refractivity contribution in [3.8, 4) is 5.75 Å². The smallest absolute Gasteiger partial charge is 0.255 e. The average Bonchev–Trinajstić information content (AvgIpc) is 2.20. The highest BCUT2D eigenvalue weighted by atomic mass is 16.5. The third kappa shape index (κ3) is 2.89. The number of ether oxygens (including phenoxy) is 1. The summed E-state index contributed by atoms with van der Waals surface area (Å²) in [6.45, 7) is 6.15. The number of nitrogen functional groups attached to an aromatic ring is 1. The maximum atomic E-state index is 11.9. The van der Waals surface area contributed by atoms with E-state index in [1.807, 2.05) is 20.8 Å². The molecule has 1 amide bonds. The largest absolute Gasteiger partial charge is 0.491 e. The van der Waals surface area contributed by atoms with Crippen molar-refractivity contribution in [3.63, 3.8) is 0 Å². The lowest BCUT2D eigenvalue weighted by molar-refractivity contribution is 0.0939. The Morgan fingerprint density at radius 1 is 1.50 bits per heavy atom. The van der Waals surface area contributed by atoms with E-state index < -0.39 is 0 Å². The fraction of sp³-hybridized carbons (Fsp3) is 0.417. The molecule has 0 bridgehead atoms. The zero-order valence-electron chi connectivity index (χ0n) is 9.91. The van der Waals surface area contributed by atoms with Crippen LogP contribution in [0.5, 0.6) is 5.75 Å². The maximum absolute atomic E-state index is 11.9. The second kappa shape index (κ2) is 5.39. The molecule has 0 saturated carbocycles. The number of rotatable bonds is 4. The van der Waals surface area contributed by atoms with Gasteiger partial charge in [0.2, 0.25) is 0 Å². The van der Waals surface area contributed by atoms with Gasteiger partial charge in [0, 0.05) is 6.04 Å². The first-order chi connectivity index (χ1) is 7.56. The number of hydrogen-bond donors (Lipinski definition) is 2. The number of para-hydroxylation sites is 1. The predicted molar refractivity (Wildman–Crippen MR) is 64.6 cm³/mol. The summed E-state index contributed by atoms with van der Waals surface area (Å²) >= 11 is 0. The number of nitrogens with two attached hydrogens (primary N) is 1. The quantitative estimate of drug-likeness (QED) is 0.763. The Hall–Kier alpha value is -1.71. The lowest BCUT2D eigenvalue weighted by atomic mass is 10.1. The lowest BCUT2D eigenvalue weighted by Crippen LogP contribution is -2.30. The molecule has 16 heavy (non-hydrogen) atoms. The van der Waals surface area contributed by atoms with E-state index in [0.717, 1.165) is 0 Å². The predicted octanol–water partition coefficient (Wildman–Crippen LogP) is 1.81. The molecule has 1 aromatic rings. The molecule has 0 aliphatic carbocycles. The highest BCUT2D eigenvalue weighted by molar-refractivity contribution is 5.98. The first kappa shape index (κ1) is 12.4. The summed E-state index contributed by atoms with van der Waals surface area (Å²) in [5, 5.41) is 2.81. The molecule has 0 saturated heterocycles. The second-order valence-corrected chi connectivity index (χ2v) is 3.79. The van der Waals surface area contributed by atoms with Crippen molar-refractivity contribution in [2.45, 2.75) is 26.8 Å². The van der Waals surface area contributed by atoms with Gasteiger partial charge in [-0.1, -0.05) is 6.07 Å². The number of hydrogen-bond acceptors (Lipinski definition) is 3. The van der Waals surface area contributed by atoms with Gasteiger partial charge in [-0.05, 0) is 32.9 Å². The molecule has 4 heteroatoms. The molecule has 0 spiro atoms. The van der Waals surface area contributed by atoms with Gasteiger partial charge in [-0.2, -0.15) is 0 Å². The van der Waals surface area contributed by atoms with Crippen LogP contribution in [-0.2, 0) is 0 Å². The zero-order chi connectivity index (χ0) is 12.1. The Balaban J connectivity index is 3.02. The number of carbonyl (C=O) groups is 1. The van der Waals surface area contributed by atoms with Gasteiger partial charge in [0.15, 0.2) is 5.75 Å². The van der Waals surface area contributed by atoms with Gasteiger partial charge in [-0.25, -0.2) is 0 Å². The van der Waals surface area contributed by atoms with E-state index in [1.165, 1.54) is 0 Å². The molecule has 0 fully saturated rings. The van der Waals surface area contributed by atoms with Crippen LogP contribution in [-0.4, -0.2) is 18.6 Å². The third-order valence-corrected chi connectivity index (χ3v) is 2.00. The van der Waals surface area contributed by atoms with Gasteiger partial charge < -0.3 is 15.8 Å². The molecule has 3 N–H and O–H groups in total. The Bertz CT molecular complexity index is 375. The second-order valence-electron chi connectivity index (χ2n) is 3.79.